The van der Waals surface area contributed by atoms with Crippen molar-refractivity contribution in [2.75, 3.05) is 11.9 Å². The van der Waals surface area contributed by atoms with Gasteiger partial charge in [0.25, 0.3) is 0 Å². The minimum Gasteiger partial charge on any atom is -0.522 e. The Morgan fingerprint density at radius 1 is 1.18 bits per heavy atom. The number of fused-ring (bicyclic) bond motifs is 1. The topological polar surface area (TPSA) is 6.48 Å². The van der Waals surface area contributed by atoms with Crippen LogP contribution >= 0.6 is 0 Å². The second kappa shape index (κ2) is 5.17. The average molecular weight is 402 g/mol. The minimum atomic E-state index is 0. The molecule has 0 bridgehead atoms. The van der Waals surface area contributed by atoms with Gasteiger partial charge in [0.2, 0.25) is 0 Å². The van der Waals surface area contributed by atoms with E-state index in [1.54, 1.807) is 0 Å². The zero-order chi connectivity index (χ0) is 11.0. The van der Waals surface area contributed by atoms with Gasteiger partial charge in [0.05, 0.1) is 0 Å². The van der Waals surface area contributed by atoms with E-state index in [9.17, 15) is 0 Å². The molecule has 17 heavy (non-hydrogen) atoms. The summed E-state index contributed by atoms with van der Waals surface area (Å²) in [5.41, 5.74) is 1.13. The first-order valence-corrected chi connectivity index (χ1v) is 5.53. The Balaban J connectivity index is 0.00000108. The maximum Gasteiger partial charge on any atom is 0.0359 e. The van der Waals surface area contributed by atoms with Gasteiger partial charge in [0, 0.05) is 32.2 Å². The Kier molecular flexibility index (Phi) is 3.82. The molecule has 1 aliphatic heterocycles. The van der Waals surface area contributed by atoms with E-state index in [0.717, 1.165) is 5.69 Å². The van der Waals surface area contributed by atoms with Gasteiger partial charge in [-0.3, -0.25) is 0 Å². The van der Waals surface area contributed by atoms with Crippen LogP contribution in [0.25, 0.3) is 0 Å². The standard InChI is InChI=1S/C14H14N2.Ir/c1-15-11-16(12-7-3-2-4-8-12)14-10-6-5-9-13(14)15;/h2-7,9-11,13-14H,1H3;/q-2;. The van der Waals surface area contributed by atoms with Crippen LogP contribution in [-0.2, 0) is 20.1 Å². The van der Waals surface area contributed by atoms with Gasteiger partial charge in [0.1, 0.15) is 0 Å². The fraction of sp³-hybridized carbons (Fsp3) is 0.214. The molecule has 1 heterocycles. The largest absolute Gasteiger partial charge is 0.522 e. The molecule has 0 aromatic heterocycles. The number of anilines is 1. The Labute approximate surface area is 116 Å². The molecule has 1 fully saturated rings. The van der Waals surface area contributed by atoms with Crippen LogP contribution in [0.2, 0.25) is 0 Å². The molecule has 2 nitrogen and oxygen atoms in total. The molecule has 1 saturated heterocycles. The Morgan fingerprint density at radius 3 is 2.65 bits per heavy atom. The number of likely N-dealkylation sites (N-methyl/N-ethyl adjacent to an activating group) is 1. The number of allylic oxidation sites excluding steroid dienone is 2. The van der Waals surface area contributed by atoms with E-state index in [-0.39, 0.29) is 20.1 Å². The molecule has 3 rings (SSSR count). The van der Waals surface area contributed by atoms with Crippen molar-refractivity contribution in [1.82, 2.24) is 4.90 Å². The summed E-state index contributed by atoms with van der Waals surface area (Å²) in [6, 6.07) is 12.2. The van der Waals surface area contributed by atoms with Crippen LogP contribution in [-0.4, -0.2) is 24.0 Å². The SMILES string of the molecule is CN1[CH-]N(c2[c-]cccc2)C2C=CC=CC21.[Ir]. The van der Waals surface area contributed by atoms with E-state index < -0.39 is 0 Å². The molecule has 1 aromatic rings. The zero-order valence-electron chi connectivity index (χ0n) is 9.58. The molecule has 2 unspecified atom stereocenters. The van der Waals surface area contributed by atoms with Gasteiger partial charge >= 0.3 is 0 Å². The number of rotatable bonds is 1. The Hall–Kier alpha value is -0.891. The molecular weight excluding hydrogens is 388 g/mol. The number of hydrogen-bond acceptors (Lipinski definition) is 2. The van der Waals surface area contributed by atoms with Crippen molar-refractivity contribution in [2.24, 2.45) is 0 Å². The number of nitrogens with zero attached hydrogens (tertiary/aromatic N) is 2. The summed E-state index contributed by atoms with van der Waals surface area (Å²) in [6.45, 7) is 2.15. The van der Waals surface area contributed by atoms with E-state index in [1.807, 2.05) is 12.1 Å². The summed E-state index contributed by atoms with van der Waals surface area (Å²) in [5, 5.41) is 0. The predicted molar refractivity (Wildman–Crippen MR) is 65.7 cm³/mol. The van der Waals surface area contributed by atoms with Gasteiger partial charge in [-0.1, -0.05) is 24.3 Å². The summed E-state index contributed by atoms with van der Waals surface area (Å²) in [4.78, 5) is 4.51. The Morgan fingerprint density at radius 2 is 1.94 bits per heavy atom. The van der Waals surface area contributed by atoms with Crippen LogP contribution in [0.4, 0.5) is 5.69 Å². The van der Waals surface area contributed by atoms with Crippen molar-refractivity contribution in [1.29, 1.82) is 0 Å². The number of para-hydroxylation sites is 1. The third kappa shape index (κ3) is 2.23. The average Bonchev–Trinajstić information content (AvgIpc) is 2.69. The van der Waals surface area contributed by atoms with Gasteiger partial charge < -0.3 is 9.80 Å². The second-order valence-corrected chi connectivity index (χ2v) is 4.19. The summed E-state index contributed by atoms with van der Waals surface area (Å²) in [5.74, 6) is 0. The summed E-state index contributed by atoms with van der Waals surface area (Å²) in [7, 11) is 2.12. The third-order valence-corrected chi connectivity index (χ3v) is 3.15. The van der Waals surface area contributed by atoms with Crippen LogP contribution in [0.15, 0.2) is 48.6 Å². The first-order chi connectivity index (χ1) is 7.86. The van der Waals surface area contributed by atoms with Crippen LogP contribution in [0.3, 0.4) is 0 Å². The van der Waals surface area contributed by atoms with Gasteiger partial charge in [-0.25, -0.2) is 0 Å². The summed E-state index contributed by atoms with van der Waals surface area (Å²) < 4.78 is 0. The Bertz CT molecular complexity index is 427. The molecular formula is C14H14IrN2-2. The molecule has 0 saturated carbocycles. The van der Waals surface area contributed by atoms with E-state index in [0.29, 0.717) is 12.1 Å². The van der Waals surface area contributed by atoms with E-state index >= 15 is 0 Å². The first kappa shape index (κ1) is 12.6. The van der Waals surface area contributed by atoms with Gasteiger partial charge in [-0.15, -0.1) is 5.69 Å². The monoisotopic (exact) mass is 403 g/mol. The molecule has 3 heteroatoms. The quantitative estimate of drug-likeness (QED) is 0.665. The van der Waals surface area contributed by atoms with Crippen molar-refractivity contribution in [3.05, 3.63) is 61.3 Å². The molecule has 91 valence electrons. The fourth-order valence-corrected chi connectivity index (χ4v) is 2.34. The molecule has 0 N–H and O–H groups in total. The van der Waals surface area contributed by atoms with Crippen LogP contribution in [0, 0.1) is 12.7 Å². The molecule has 1 aromatic carbocycles. The van der Waals surface area contributed by atoms with Crippen LogP contribution in [0.5, 0.6) is 0 Å². The predicted octanol–water partition coefficient (Wildman–Crippen LogP) is 2.22. The molecule has 1 aliphatic carbocycles. The zero-order valence-corrected chi connectivity index (χ0v) is 12.0. The number of benzene rings is 1. The summed E-state index contributed by atoms with van der Waals surface area (Å²) >= 11 is 0. The van der Waals surface area contributed by atoms with Crippen LogP contribution < -0.4 is 4.90 Å². The normalized spacial score (nSPS) is 26.8. The number of hydrogen-bond donors (Lipinski definition) is 0. The smallest absolute Gasteiger partial charge is 0.0359 e. The first-order valence-electron chi connectivity index (χ1n) is 5.53. The van der Waals surface area contributed by atoms with E-state index in [2.05, 4.69) is 66.0 Å². The van der Waals surface area contributed by atoms with Crippen molar-refractivity contribution in [3.8, 4) is 0 Å². The van der Waals surface area contributed by atoms with Crippen molar-refractivity contribution in [2.45, 2.75) is 12.1 Å². The molecule has 2 atom stereocenters. The van der Waals surface area contributed by atoms with Crippen LogP contribution in [0.1, 0.15) is 0 Å². The van der Waals surface area contributed by atoms with Gasteiger partial charge in [-0.05, 0) is 7.05 Å². The minimum absolute atomic E-state index is 0. The van der Waals surface area contributed by atoms with E-state index in [1.165, 1.54) is 0 Å². The third-order valence-electron chi connectivity index (χ3n) is 3.15. The van der Waals surface area contributed by atoms with E-state index in [4.69, 9.17) is 0 Å². The van der Waals surface area contributed by atoms with Gasteiger partial charge in [-0.2, -0.15) is 37.0 Å². The molecule has 0 spiro atoms. The van der Waals surface area contributed by atoms with Gasteiger partial charge in [0.15, 0.2) is 0 Å². The molecule has 2 aliphatic rings. The fourth-order valence-electron chi connectivity index (χ4n) is 2.34. The van der Waals surface area contributed by atoms with Crippen molar-refractivity contribution in [3.63, 3.8) is 0 Å². The molecule has 0 amide bonds. The second-order valence-electron chi connectivity index (χ2n) is 4.19. The van der Waals surface area contributed by atoms with Crippen molar-refractivity contribution < 1.29 is 20.1 Å². The maximum absolute atomic E-state index is 3.27. The summed E-state index contributed by atoms with van der Waals surface area (Å²) in [6.07, 6.45) is 8.71. The van der Waals surface area contributed by atoms with Crippen molar-refractivity contribution >= 4 is 5.69 Å². The maximum atomic E-state index is 3.27. The molecule has 1 radical (unpaired) electrons.